The zero-order valence-electron chi connectivity index (χ0n) is 5.57. The van der Waals surface area contributed by atoms with E-state index in [1.165, 1.54) is 18.2 Å². The van der Waals surface area contributed by atoms with Crippen molar-refractivity contribution in [2.45, 2.75) is 0 Å². The Labute approximate surface area is 71.7 Å². The highest BCUT2D eigenvalue weighted by atomic mass is 79.9. The van der Waals surface area contributed by atoms with E-state index >= 15 is 0 Å². The summed E-state index contributed by atoms with van der Waals surface area (Å²) in [5.74, 6) is -0.973. The molecule has 0 saturated heterocycles. The van der Waals surface area contributed by atoms with E-state index in [1.807, 2.05) is 0 Å². The molecule has 58 valence electrons. The second kappa shape index (κ2) is 3.13. The van der Waals surface area contributed by atoms with Crippen LogP contribution in [-0.2, 0) is 0 Å². The molecule has 11 heavy (non-hydrogen) atoms. The number of hydrogen-bond donors (Lipinski definition) is 0. The molecule has 0 radical (unpaired) electrons. The zero-order chi connectivity index (χ0) is 8.43. The second-order valence-electron chi connectivity index (χ2n) is 2.03. The SMILES string of the molecule is C=C(F)c1ccc(F)cc1Br. The van der Waals surface area contributed by atoms with Crippen molar-refractivity contribution >= 4 is 21.8 Å². The van der Waals surface area contributed by atoms with Crippen LogP contribution in [0.15, 0.2) is 29.3 Å². The Hall–Kier alpha value is -0.700. The number of benzene rings is 1. The first-order chi connectivity index (χ1) is 5.11. The highest BCUT2D eigenvalue weighted by Crippen LogP contribution is 2.24. The molecule has 0 bridgehead atoms. The van der Waals surface area contributed by atoms with E-state index in [0.717, 1.165) is 0 Å². The fourth-order valence-corrected chi connectivity index (χ4v) is 1.28. The lowest BCUT2D eigenvalue weighted by Crippen LogP contribution is -1.81. The molecule has 0 N–H and O–H groups in total. The topological polar surface area (TPSA) is 0 Å². The minimum absolute atomic E-state index is 0.284. The van der Waals surface area contributed by atoms with Crippen molar-refractivity contribution in [3.63, 3.8) is 0 Å². The van der Waals surface area contributed by atoms with Gasteiger partial charge in [-0.25, -0.2) is 8.78 Å². The van der Waals surface area contributed by atoms with E-state index in [4.69, 9.17) is 0 Å². The van der Waals surface area contributed by atoms with Gasteiger partial charge in [-0.1, -0.05) is 6.58 Å². The third-order valence-electron chi connectivity index (χ3n) is 1.22. The van der Waals surface area contributed by atoms with Gasteiger partial charge in [-0.05, 0) is 34.1 Å². The Morgan fingerprint density at radius 1 is 1.45 bits per heavy atom. The first-order valence-electron chi connectivity index (χ1n) is 2.91. The van der Waals surface area contributed by atoms with E-state index in [9.17, 15) is 8.78 Å². The van der Waals surface area contributed by atoms with Crippen molar-refractivity contribution in [3.05, 3.63) is 40.6 Å². The van der Waals surface area contributed by atoms with Gasteiger partial charge < -0.3 is 0 Å². The van der Waals surface area contributed by atoms with E-state index in [0.29, 0.717) is 4.47 Å². The summed E-state index contributed by atoms with van der Waals surface area (Å²) in [6.45, 7) is 3.10. The summed E-state index contributed by atoms with van der Waals surface area (Å²) in [5.41, 5.74) is 0.284. The van der Waals surface area contributed by atoms with Gasteiger partial charge in [0.15, 0.2) is 0 Å². The van der Waals surface area contributed by atoms with Crippen molar-refractivity contribution in [3.8, 4) is 0 Å². The van der Waals surface area contributed by atoms with Crippen LogP contribution in [0, 0.1) is 5.82 Å². The van der Waals surface area contributed by atoms with Gasteiger partial charge in [0.25, 0.3) is 0 Å². The van der Waals surface area contributed by atoms with Gasteiger partial charge in [-0.15, -0.1) is 0 Å². The molecule has 1 aromatic rings. The normalized spacial score (nSPS) is 9.73. The largest absolute Gasteiger partial charge is 0.207 e. The van der Waals surface area contributed by atoms with Crippen LogP contribution in [0.25, 0.3) is 5.83 Å². The molecule has 1 rings (SSSR count). The fourth-order valence-electron chi connectivity index (χ4n) is 0.709. The Morgan fingerprint density at radius 2 is 2.09 bits per heavy atom. The Bertz CT molecular complexity index is 294. The lowest BCUT2D eigenvalue weighted by Gasteiger charge is -1.98. The highest BCUT2D eigenvalue weighted by molar-refractivity contribution is 9.10. The van der Waals surface area contributed by atoms with E-state index < -0.39 is 11.6 Å². The summed E-state index contributed by atoms with van der Waals surface area (Å²) in [6, 6.07) is 3.71. The van der Waals surface area contributed by atoms with Crippen molar-refractivity contribution in [1.82, 2.24) is 0 Å². The molecule has 0 atom stereocenters. The summed E-state index contributed by atoms with van der Waals surface area (Å²) in [4.78, 5) is 0. The molecule has 0 amide bonds. The Balaban J connectivity index is 3.20. The molecular formula is C8H5BrF2. The van der Waals surface area contributed by atoms with Crippen LogP contribution < -0.4 is 0 Å². The monoisotopic (exact) mass is 218 g/mol. The lowest BCUT2D eigenvalue weighted by molar-refractivity contribution is 0.626. The van der Waals surface area contributed by atoms with Gasteiger partial charge in [0, 0.05) is 10.0 Å². The minimum Gasteiger partial charge on any atom is -0.207 e. The van der Waals surface area contributed by atoms with Crippen molar-refractivity contribution < 1.29 is 8.78 Å². The van der Waals surface area contributed by atoms with Crippen LogP contribution in [0.2, 0.25) is 0 Å². The first kappa shape index (κ1) is 8.40. The smallest absolute Gasteiger partial charge is 0.124 e. The number of halogens is 3. The molecule has 0 unspecified atom stereocenters. The van der Waals surface area contributed by atoms with Gasteiger partial charge in [0.05, 0.1) is 0 Å². The van der Waals surface area contributed by atoms with Crippen molar-refractivity contribution in [2.75, 3.05) is 0 Å². The highest BCUT2D eigenvalue weighted by Gasteiger charge is 2.03. The van der Waals surface area contributed by atoms with E-state index in [1.54, 1.807) is 0 Å². The van der Waals surface area contributed by atoms with Crippen LogP contribution in [0.1, 0.15) is 5.56 Å². The molecule has 0 aromatic heterocycles. The average molecular weight is 219 g/mol. The number of hydrogen-bond acceptors (Lipinski definition) is 0. The van der Waals surface area contributed by atoms with Crippen molar-refractivity contribution in [1.29, 1.82) is 0 Å². The molecule has 0 saturated carbocycles. The molecule has 0 spiro atoms. The van der Waals surface area contributed by atoms with Crippen molar-refractivity contribution in [2.24, 2.45) is 0 Å². The predicted octanol–water partition coefficient (Wildman–Crippen LogP) is 3.53. The molecule has 0 nitrogen and oxygen atoms in total. The summed E-state index contributed by atoms with van der Waals surface area (Å²) in [7, 11) is 0. The third kappa shape index (κ3) is 1.87. The molecule has 3 heteroatoms. The summed E-state index contributed by atoms with van der Waals surface area (Å²) >= 11 is 3.01. The van der Waals surface area contributed by atoms with Crippen LogP contribution in [0.3, 0.4) is 0 Å². The predicted molar refractivity (Wildman–Crippen MR) is 44.2 cm³/mol. The quantitative estimate of drug-likeness (QED) is 0.677. The zero-order valence-corrected chi connectivity index (χ0v) is 7.16. The average Bonchev–Trinajstić information content (AvgIpc) is 1.85. The Kier molecular flexibility index (Phi) is 2.39. The second-order valence-corrected chi connectivity index (χ2v) is 2.88. The molecule has 1 aromatic carbocycles. The van der Waals surface area contributed by atoms with Gasteiger partial charge in [-0.2, -0.15) is 0 Å². The summed E-state index contributed by atoms with van der Waals surface area (Å²) < 4.78 is 25.3. The summed E-state index contributed by atoms with van der Waals surface area (Å²) in [6.07, 6.45) is 0. The lowest BCUT2D eigenvalue weighted by atomic mass is 10.2. The molecule has 0 heterocycles. The molecule has 0 fully saturated rings. The van der Waals surface area contributed by atoms with Crippen LogP contribution >= 0.6 is 15.9 Å². The summed E-state index contributed by atoms with van der Waals surface area (Å²) in [5, 5.41) is 0. The van der Waals surface area contributed by atoms with E-state index in [2.05, 4.69) is 22.5 Å². The maximum absolute atomic E-state index is 12.5. The first-order valence-corrected chi connectivity index (χ1v) is 3.70. The van der Waals surface area contributed by atoms with Gasteiger partial charge in [0.2, 0.25) is 0 Å². The molecule has 0 aliphatic heterocycles. The van der Waals surface area contributed by atoms with Crippen LogP contribution in [0.5, 0.6) is 0 Å². The molecular weight excluding hydrogens is 214 g/mol. The standard InChI is InChI=1S/C8H5BrF2/c1-5(10)7-3-2-6(11)4-8(7)9/h2-4H,1H2. The third-order valence-corrected chi connectivity index (χ3v) is 1.88. The minimum atomic E-state index is -0.572. The van der Waals surface area contributed by atoms with Gasteiger partial charge >= 0.3 is 0 Å². The molecule has 0 aliphatic rings. The maximum atomic E-state index is 12.5. The molecule has 0 aliphatic carbocycles. The number of rotatable bonds is 1. The van der Waals surface area contributed by atoms with Gasteiger partial charge in [-0.3, -0.25) is 0 Å². The van der Waals surface area contributed by atoms with Crippen LogP contribution in [0.4, 0.5) is 8.78 Å². The van der Waals surface area contributed by atoms with E-state index in [-0.39, 0.29) is 5.56 Å². The maximum Gasteiger partial charge on any atom is 0.124 e. The van der Waals surface area contributed by atoms with Gasteiger partial charge in [0.1, 0.15) is 11.6 Å². The Morgan fingerprint density at radius 3 is 2.55 bits per heavy atom. The van der Waals surface area contributed by atoms with Crippen LogP contribution in [-0.4, -0.2) is 0 Å². The fraction of sp³-hybridized carbons (Fsp3) is 0.